The number of rotatable bonds is 9. The molecule has 0 rings (SSSR count). The maximum atomic E-state index is 5.63. The van der Waals surface area contributed by atoms with Gasteiger partial charge in [0.2, 0.25) is 0 Å². The van der Waals surface area contributed by atoms with Crippen LogP contribution < -0.4 is 5.73 Å². The number of nitrogens with two attached hydrogens (primary N) is 1. The second-order valence-electron chi connectivity index (χ2n) is 3.98. The molecule has 0 aliphatic rings. The fourth-order valence-electron chi connectivity index (χ4n) is 1.46. The fraction of sp³-hybridized carbons (Fsp3) is 0.429. The monoisotopic (exact) mass is 217 g/mol. The third-order valence-corrected chi connectivity index (χ3v) is 2.56. The Hall–Kier alpha value is -1.18. The quantitative estimate of drug-likeness (QED) is 0.356. The van der Waals surface area contributed by atoms with Gasteiger partial charge in [0.05, 0.1) is 0 Å². The molecule has 2 N–H and O–H groups in total. The van der Waals surface area contributed by atoms with Crippen molar-refractivity contribution in [3.05, 3.63) is 48.7 Å². The molecule has 0 radical (unpaired) electrons. The van der Waals surface area contributed by atoms with Gasteiger partial charge >= 0.3 is 0 Å². The Morgan fingerprint density at radius 1 is 1.19 bits per heavy atom. The standard InChI is InChI=1S/C14H24BN/c1-4-7-8-11-15-12-13(5-2)9-10-14(16)6-3/h5-6,9-10,15H,2-4,7-8,11-12,16H2,1H3/b13-9+,14-10+. The van der Waals surface area contributed by atoms with Gasteiger partial charge in [0.25, 0.3) is 0 Å². The molecule has 0 amide bonds. The molecule has 0 aromatic carbocycles. The van der Waals surface area contributed by atoms with Gasteiger partial charge in [0.15, 0.2) is 0 Å². The topological polar surface area (TPSA) is 26.0 Å². The molecule has 0 fully saturated rings. The van der Waals surface area contributed by atoms with Crippen molar-refractivity contribution in [1.29, 1.82) is 0 Å². The minimum Gasteiger partial charge on any atom is -0.399 e. The summed E-state index contributed by atoms with van der Waals surface area (Å²) in [4.78, 5) is 0. The van der Waals surface area contributed by atoms with Gasteiger partial charge in [-0.05, 0) is 12.2 Å². The Balaban J connectivity index is 3.91. The van der Waals surface area contributed by atoms with Crippen LogP contribution >= 0.6 is 0 Å². The predicted octanol–water partition coefficient (Wildman–Crippen LogP) is 3.59. The van der Waals surface area contributed by atoms with Crippen LogP contribution in [-0.4, -0.2) is 7.28 Å². The van der Waals surface area contributed by atoms with Crippen LogP contribution in [0.3, 0.4) is 0 Å². The maximum Gasteiger partial charge on any atom is 0.125 e. The van der Waals surface area contributed by atoms with Crippen LogP contribution in [0.5, 0.6) is 0 Å². The number of hydrogen-bond acceptors (Lipinski definition) is 1. The lowest BCUT2D eigenvalue weighted by Crippen LogP contribution is -1.93. The smallest absolute Gasteiger partial charge is 0.125 e. The SMILES string of the molecule is C=C/C(=C\C=C(\N)C=C)CBCCCCC. The third kappa shape index (κ3) is 8.16. The highest BCUT2D eigenvalue weighted by Gasteiger charge is 1.94. The van der Waals surface area contributed by atoms with E-state index in [1.807, 2.05) is 18.2 Å². The zero-order chi connectivity index (χ0) is 12.2. The summed E-state index contributed by atoms with van der Waals surface area (Å²) in [6.07, 6.45) is 13.9. The van der Waals surface area contributed by atoms with E-state index >= 15 is 0 Å². The van der Waals surface area contributed by atoms with E-state index in [1.165, 1.54) is 38.4 Å². The van der Waals surface area contributed by atoms with Gasteiger partial charge in [0.1, 0.15) is 7.28 Å². The number of allylic oxidation sites excluding steroid dienone is 5. The third-order valence-electron chi connectivity index (χ3n) is 2.56. The highest BCUT2D eigenvalue weighted by molar-refractivity contribution is 6.36. The van der Waals surface area contributed by atoms with Gasteiger partial charge in [-0.2, -0.15) is 0 Å². The molecule has 0 unspecified atom stereocenters. The molecule has 0 heterocycles. The average molecular weight is 217 g/mol. The van der Waals surface area contributed by atoms with E-state index in [0.717, 1.165) is 6.32 Å². The van der Waals surface area contributed by atoms with Crippen molar-refractivity contribution >= 4 is 7.28 Å². The second kappa shape index (κ2) is 10.3. The lowest BCUT2D eigenvalue weighted by Gasteiger charge is -2.00. The molecule has 16 heavy (non-hydrogen) atoms. The first-order valence-electron chi connectivity index (χ1n) is 6.15. The minimum absolute atomic E-state index is 0.699. The first-order chi connectivity index (χ1) is 7.74. The van der Waals surface area contributed by atoms with Crippen LogP contribution in [0.15, 0.2) is 48.7 Å². The van der Waals surface area contributed by atoms with Gasteiger partial charge in [-0.3, -0.25) is 0 Å². The zero-order valence-electron chi connectivity index (χ0n) is 10.5. The van der Waals surface area contributed by atoms with E-state index in [-0.39, 0.29) is 0 Å². The molecular formula is C14H24BN. The van der Waals surface area contributed by atoms with Crippen LogP contribution in [0, 0.1) is 0 Å². The molecule has 0 saturated heterocycles. The summed E-state index contributed by atoms with van der Waals surface area (Å²) in [5.74, 6) is 0. The van der Waals surface area contributed by atoms with Crippen molar-refractivity contribution in [2.45, 2.75) is 38.8 Å². The van der Waals surface area contributed by atoms with E-state index in [2.05, 4.69) is 20.1 Å². The summed E-state index contributed by atoms with van der Waals surface area (Å²) in [5.41, 5.74) is 7.59. The normalized spacial score (nSPS) is 12.3. The van der Waals surface area contributed by atoms with Gasteiger partial charge in [-0.1, -0.05) is 69.7 Å². The van der Waals surface area contributed by atoms with Gasteiger partial charge in [0, 0.05) is 5.70 Å². The number of unbranched alkanes of at least 4 members (excludes halogenated alkanes) is 2. The molecular weight excluding hydrogens is 193 g/mol. The number of hydrogen-bond donors (Lipinski definition) is 1. The molecule has 0 saturated carbocycles. The molecule has 0 aromatic heterocycles. The summed E-state index contributed by atoms with van der Waals surface area (Å²) in [7, 11) is 1.24. The van der Waals surface area contributed by atoms with Crippen LogP contribution in [0.1, 0.15) is 26.2 Å². The van der Waals surface area contributed by atoms with Crippen molar-refractivity contribution in [3.8, 4) is 0 Å². The Kier molecular flexibility index (Phi) is 9.59. The van der Waals surface area contributed by atoms with Crippen molar-refractivity contribution in [1.82, 2.24) is 0 Å². The summed E-state index contributed by atoms with van der Waals surface area (Å²) >= 11 is 0. The first-order valence-corrected chi connectivity index (χ1v) is 6.15. The summed E-state index contributed by atoms with van der Waals surface area (Å²) in [5, 5.41) is 0. The van der Waals surface area contributed by atoms with E-state index < -0.39 is 0 Å². The van der Waals surface area contributed by atoms with Crippen molar-refractivity contribution in [2.75, 3.05) is 0 Å². The summed E-state index contributed by atoms with van der Waals surface area (Å²) in [6.45, 7) is 9.66. The maximum absolute atomic E-state index is 5.63. The second-order valence-corrected chi connectivity index (χ2v) is 3.98. The summed E-state index contributed by atoms with van der Waals surface area (Å²) < 4.78 is 0. The van der Waals surface area contributed by atoms with E-state index in [9.17, 15) is 0 Å². The fourth-order valence-corrected chi connectivity index (χ4v) is 1.46. The summed E-state index contributed by atoms with van der Waals surface area (Å²) in [6, 6.07) is 0. The Morgan fingerprint density at radius 3 is 2.50 bits per heavy atom. The van der Waals surface area contributed by atoms with Crippen molar-refractivity contribution in [2.24, 2.45) is 5.73 Å². The van der Waals surface area contributed by atoms with Crippen molar-refractivity contribution in [3.63, 3.8) is 0 Å². The predicted molar refractivity (Wildman–Crippen MR) is 77.0 cm³/mol. The lowest BCUT2D eigenvalue weighted by molar-refractivity contribution is 0.768. The molecule has 2 heteroatoms. The van der Waals surface area contributed by atoms with Crippen molar-refractivity contribution < 1.29 is 0 Å². The van der Waals surface area contributed by atoms with E-state index in [4.69, 9.17) is 5.73 Å². The lowest BCUT2D eigenvalue weighted by atomic mass is 9.67. The van der Waals surface area contributed by atoms with E-state index in [1.54, 1.807) is 6.08 Å². The highest BCUT2D eigenvalue weighted by Crippen LogP contribution is 2.08. The van der Waals surface area contributed by atoms with Gasteiger partial charge in [-0.25, -0.2) is 0 Å². The highest BCUT2D eigenvalue weighted by atomic mass is 14.5. The van der Waals surface area contributed by atoms with Crippen LogP contribution in [0.4, 0.5) is 0 Å². The molecule has 1 nitrogen and oxygen atoms in total. The van der Waals surface area contributed by atoms with Gasteiger partial charge in [-0.15, -0.1) is 0 Å². The molecule has 0 aliphatic heterocycles. The van der Waals surface area contributed by atoms with Crippen LogP contribution in [0.2, 0.25) is 12.6 Å². The van der Waals surface area contributed by atoms with Crippen LogP contribution in [0.25, 0.3) is 0 Å². The van der Waals surface area contributed by atoms with Gasteiger partial charge < -0.3 is 5.73 Å². The van der Waals surface area contributed by atoms with E-state index in [0.29, 0.717) is 5.70 Å². The first kappa shape index (κ1) is 14.8. The minimum atomic E-state index is 0.699. The average Bonchev–Trinajstić information content (AvgIpc) is 2.32. The van der Waals surface area contributed by atoms with Crippen LogP contribution in [-0.2, 0) is 0 Å². The Morgan fingerprint density at radius 2 is 1.94 bits per heavy atom. The molecule has 0 atom stereocenters. The zero-order valence-corrected chi connectivity index (χ0v) is 10.5. The molecule has 0 spiro atoms. The molecule has 0 bridgehead atoms. The molecule has 0 aromatic rings. The molecule has 0 aliphatic carbocycles. The Bertz CT molecular complexity index is 264. The molecule has 88 valence electrons. The largest absolute Gasteiger partial charge is 0.399 e. The Labute approximate surface area is 101 Å².